The number of ether oxygens (including phenoxy) is 5. The Kier molecular flexibility index (Phi) is 13.1. The molecule has 0 radical (unpaired) electrons. The third-order valence-corrected chi connectivity index (χ3v) is 12.5. The van der Waals surface area contributed by atoms with E-state index >= 15 is 0 Å². The number of carbonyl (C=O) groups excluding carboxylic acids is 2. The van der Waals surface area contributed by atoms with Gasteiger partial charge in [0.1, 0.15) is 5.75 Å². The lowest BCUT2D eigenvalue weighted by atomic mass is 9.86. The Labute approximate surface area is 359 Å². The molecule has 5 aliphatic rings. The highest BCUT2D eigenvalue weighted by molar-refractivity contribution is 5.77. The van der Waals surface area contributed by atoms with Crippen LogP contribution in [0, 0.1) is 0 Å². The predicted octanol–water partition coefficient (Wildman–Crippen LogP) is 8.14. The van der Waals surface area contributed by atoms with Crippen LogP contribution in [-0.4, -0.2) is 99.9 Å². The molecule has 0 aromatic heterocycles. The van der Waals surface area contributed by atoms with Crippen molar-refractivity contribution in [2.45, 2.75) is 71.4 Å². The Bertz CT molecular complexity index is 2210. The molecule has 0 saturated carbocycles. The normalized spacial score (nSPS) is 17.1. The minimum atomic E-state index is -0.379. The van der Waals surface area contributed by atoms with Gasteiger partial charge in [0.2, 0.25) is 5.75 Å². The van der Waals surface area contributed by atoms with Crippen LogP contribution in [0.5, 0.6) is 46.0 Å². The molecule has 5 heterocycles. The number of benzene rings is 4. The van der Waals surface area contributed by atoms with Crippen molar-refractivity contribution in [3.8, 4) is 46.0 Å². The van der Waals surface area contributed by atoms with Crippen molar-refractivity contribution in [1.29, 1.82) is 0 Å². The molecule has 5 aliphatic heterocycles. The van der Waals surface area contributed by atoms with Gasteiger partial charge in [0.25, 0.3) is 0 Å². The maximum Gasteiger partial charge on any atom is 0.317 e. The Balaban J connectivity index is 1.22. The van der Waals surface area contributed by atoms with Crippen molar-refractivity contribution in [1.82, 2.24) is 30.7 Å². The fourth-order valence-corrected chi connectivity index (χ4v) is 9.18. The standard InChI is InChI=1S/C48H60N6O7/c1-6-49-19-9-20-50-47(55)53-23-17-33-28-41-42-30-36(33)37(53)26-32-13-16-39(57-4)40(27-32)59-35-14-11-31(12-15-35)25-38-44-34(29-43(58-5)45(60-41)46(44)61-42)18-24-54(38)48(56)51-21-10-22-52(7-2)8-3/h11-16,27-30,37-38,49H,6-10,17-26H2,1-5H3,(H,50,55)(H,51,56)/t37-,38-/m0/s1. The van der Waals surface area contributed by atoms with Gasteiger partial charge >= 0.3 is 12.1 Å². The molecule has 4 aromatic rings. The van der Waals surface area contributed by atoms with Gasteiger partial charge in [0.15, 0.2) is 34.5 Å². The molecule has 4 amide bonds. The second kappa shape index (κ2) is 18.9. The number of amides is 4. The summed E-state index contributed by atoms with van der Waals surface area (Å²) in [6.45, 7) is 13.2. The molecule has 2 atom stereocenters. The molecule has 9 rings (SSSR count). The third kappa shape index (κ3) is 8.90. The lowest BCUT2D eigenvalue weighted by Gasteiger charge is -2.40. The Morgan fingerprint density at radius 2 is 1.34 bits per heavy atom. The van der Waals surface area contributed by atoms with E-state index in [1.807, 2.05) is 46.2 Å². The van der Waals surface area contributed by atoms with Gasteiger partial charge in [-0.05, 0) is 142 Å². The average molecular weight is 833 g/mol. The van der Waals surface area contributed by atoms with Crippen molar-refractivity contribution in [3.63, 3.8) is 0 Å². The molecule has 13 nitrogen and oxygen atoms in total. The quantitative estimate of drug-likeness (QED) is 0.101. The van der Waals surface area contributed by atoms with E-state index in [4.69, 9.17) is 23.7 Å². The number of carbonyl (C=O) groups is 2. The first-order valence-corrected chi connectivity index (χ1v) is 22.0. The van der Waals surface area contributed by atoms with Crippen molar-refractivity contribution >= 4 is 12.1 Å². The lowest BCUT2D eigenvalue weighted by molar-refractivity contribution is 0.165. The fraction of sp³-hybridized carbons (Fsp3) is 0.458. The van der Waals surface area contributed by atoms with E-state index in [0.717, 1.165) is 78.9 Å². The summed E-state index contributed by atoms with van der Waals surface area (Å²) < 4.78 is 32.1. The minimum Gasteiger partial charge on any atom is -0.493 e. The van der Waals surface area contributed by atoms with Gasteiger partial charge in [-0.3, -0.25) is 0 Å². The van der Waals surface area contributed by atoms with Crippen LogP contribution in [0.15, 0.2) is 60.7 Å². The van der Waals surface area contributed by atoms with Crippen LogP contribution in [0.4, 0.5) is 9.59 Å². The zero-order valence-corrected chi connectivity index (χ0v) is 36.2. The Morgan fingerprint density at radius 1 is 0.689 bits per heavy atom. The van der Waals surface area contributed by atoms with Gasteiger partial charge in [0.05, 0.1) is 26.3 Å². The first-order chi connectivity index (χ1) is 29.8. The highest BCUT2D eigenvalue weighted by atomic mass is 16.6. The largest absolute Gasteiger partial charge is 0.493 e. The topological polar surface area (TPSA) is 126 Å². The monoisotopic (exact) mass is 832 g/mol. The maximum absolute atomic E-state index is 14.2. The Morgan fingerprint density at radius 3 is 2.07 bits per heavy atom. The van der Waals surface area contributed by atoms with Gasteiger partial charge < -0.3 is 54.3 Å². The molecule has 3 N–H and O–H groups in total. The van der Waals surface area contributed by atoms with Crippen molar-refractivity contribution < 1.29 is 33.3 Å². The van der Waals surface area contributed by atoms with Gasteiger partial charge in [-0.2, -0.15) is 0 Å². The lowest BCUT2D eigenvalue weighted by Crippen LogP contribution is -2.47. The summed E-state index contributed by atoms with van der Waals surface area (Å²) in [5, 5.41) is 9.76. The van der Waals surface area contributed by atoms with Crippen molar-refractivity contribution in [2.75, 3.05) is 73.1 Å². The maximum atomic E-state index is 14.2. The molecule has 4 aromatic carbocycles. The van der Waals surface area contributed by atoms with Gasteiger partial charge in [-0.1, -0.05) is 39.0 Å². The van der Waals surface area contributed by atoms with Crippen LogP contribution in [-0.2, 0) is 25.7 Å². The Hall–Kier alpha value is -5.66. The molecule has 0 saturated heterocycles. The van der Waals surface area contributed by atoms with Gasteiger partial charge in [0, 0.05) is 31.7 Å². The summed E-state index contributed by atoms with van der Waals surface area (Å²) >= 11 is 0. The summed E-state index contributed by atoms with van der Waals surface area (Å²) in [5.74, 6) is 4.62. The molecule has 61 heavy (non-hydrogen) atoms. The van der Waals surface area contributed by atoms with Crippen LogP contribution in [0.2, 0.25) is 0 Å². The zero-order chi connectivity index (χ0) is 42.5. The van der Waals surface area contributed by atoms with Crippen LogP contribution in [0.3, 0.4) is 0 Å². The van der Waals surface area contributed by atoms with Crippen LogP contribution in [0.1, 0.15) is 79.1 Å². The summed E-state index contributed by atoms with van der Waals surface area (Å²) in [6, 6.07) is 19.2. The minimum absolute atomic E-state index is 0.104. The van der Waals surface area contributed by atoms with Crippen LogP contribution < -0.4 is 39.6 Å². The zero-order valence-electron chi connectivity index (χ0n) is 36.2. The number of nitrogens with zero attached hydrogens (tertiary/aromatic N) is 3. The first-order valence-electron chi connectivity index (χ1n) is 22.0. The van der Waals surface area contributed by atoms with E-state index < -0.39 is 0 Å². The number of fused-ring (bicyclic) bond motifs is 2. The summed E-state index contributed by atoms with van der Waals surface area (Å²) in [7, 11) is 3.28. The second-order valence-corrected chi connectivity index (χ2v) is 16.1. The second-order valence-electron chi connectivity index (χ2n) is 16.1. The molecule has 0 spiro atoms. The number of methoxy groups -OCH3 is 2. The fourth-order valence-electron chi connectivity index (χ4n) is 9.18. The van der Waals surface area contributed by atoms with Crippen LogP contribution >= 0.6 is 0 Å². The number of nitrogens with one attached hydrogen (secondary N) is 3. The van der Waals surface area contributed by atoms with Gasteiger partial charge in [-0.25, -0.2) is 9.59 Å². The van der Waals surface area contributed by atoms with E-state index in [1.54, 1.807) is 14.2 Å². The number of rotatable bonds is 13. The number of hydrogen-bond donors (Lipinski definition) is 3. The molecule has 7 bridgehead atoms. The number of urea groups is 2. The molecule has 13 heteroatoms. The number of hydrogen-bond acceptors (Lipinski definition) is 9. The van der Waals surface area contributed by atoms with E-state index in [-0.39, 0.29) is 24.1 Å². The smallest absolute Gasteiger partial charge is 0.317 e. The average Bonchev–Trinajstić information content (AvgIpc) is 3.27. The molecular weight excluding hydrogens is 773 g/mol. The molecular formula is C48H60N6O7. The van der Waals surface area contributed by atoms with Crippen LogP contribution in [0.25, 0.3) is 0 Å². The molecule has 324 valence electrons. The highest BCUT2D eigenvalue weighted by Crippen LogP contribution is 2.57. The van der Waals surface area contributed by atoms with Crippen molar-refractivity contribution in [2.24, 2.45) is 0 Å². The third-order valence-electron chi connectivity index (χ3n) is 12.5. The van der Waals surface area contributed by atoms with Gasteiger partial charge in [-0.15, -0.1) is 0 Å². The van der Waals surface area contributed by atoms with Crippen molar-refractivity contribution in [3.05, 3.63) is 94.0 Å². The van der Waals surface area contributed by atoms with E-state index in [9.17, 15) is 9.59 Å². The van der Waals surface area contributed by atoms with E-state index in [2.05, 4.69) is 65.9 Å². The first kappa shape index (κ1) is 42.0. The van der Waals surface area contributed by atoms with E-state index in [1.165, 1.54) is 0 Å². The predicted molar refractivity (Wildman–Crippen MR) is 235 cm³/mol. The molecule has 0 unspecified atom stereocenters. The highest BCUT2D eigenvalue weighted by Gasteiger charge is 2.40. The molecule has 0 aliphatic carbocycles. The van der Waals surface area contributed by atoms with E-state index in [0.29, 0.717) is 97.9 Å². The summed E-state index contributed by atoms with van der Waals surface area (Å²) in [6.07, 6.45) is 4.01. The SMILES string of the molecule is CCNCCCNC(=O)N1CCc2cc3c4cc2[C@@H]1Cc1ccc(OC)c(c1)Oc1ccc(cc1)C[C@H]1c2c(cc(OC)c(c2O4)O3)CCN1C(=O)NCCCN(CC)CC. The molecule has 0 fully saturated rings. The summed E-state index contributed by atoms with van der Waals surface area (Å²) in [5.41, 5.74) is 6.05. The summed E-state index contributed by atoms with van der Waals surface area (Å²) in [4.78, 5) is 34.5.